The van der Waals surface area contributed by atoms with Gasteiger partial charge in [-0.3, -0.25) is 0 Å². The van der Waals surface area contributed by atoms with Gasteiger partial charge in [-0.2, -0.15) is 0 Å². The zero-order chi connectivity index (χ0) is 14.7. The summed E-state index contributed by atoms with van der Waals surface area (Å²) in [5, 5.41) is 3.12. The summed E-state index contributed by atoms with van der Waals surface area (Å²) in [6.45, 7) is 1.92. The summed E-state index contributed by atoms with van der Waals surface area (Å²) in [7, 11) is 1.43. The van der Waals surface area contributed by atoms with Crippen LogP contribution in [0.25, 0.3) is 0 Å². The van der Waals surface area contributed by atoms with Crippen molar-refractivity contribution in [2.45, 2.75) is 6.92 Å². The van der Waals surface area contributed by atoms with Crippen molar-refractivity contribution in [2.75, 3.05) is 12.4 Å². The van der Waals surface area contributed by atoms with Crippen LogP contribution in [0.15, 0.2) is 36.4 Å². The van der Waals surface area contributed by atoms with Crippen molar-refractivity contribution < 1.29 is 9.13 Å². The van der Waals surface area contributed by atoms with Gasteiger partial charge >= 0.3 is 0 Å². The number of benzene rings is 2. The topological polar surface area (TPSA) is 47.3 Å². The number of hydrogen-bond acceptors (Lipinski definition) is 3. The van der Waals surface area contributed by atoms with Crippen molar-refractivity contribution in [3.63, 3.8) is 0 Å². The van der Waals surface area contributed by atoms with Gasteiger partial charge in [0.15, 0.2) is 11.6 Å². The van der Waals surface area contributed by atoms with Crippen molar-refractivity contribution in [1.82, 2.24) is 0 Å². The molecule has 0 aliphatic rings. The number of methoxy groups -OCH3 is 1. The van der Waals surface area contributed by atoms with E-state index < -0.39 is 5.82 Å². The van der Waals surface area contributed by atoms with Crippen LogP contribution in [-0.2, 0) is 0 Å². The van der Waals surface area contributed by atoms with Crippen LogP contribution in [-0.4, -0.2) is 12.1 Å². The Morgan fingerprint density at radius 3 is 2.40 bits per heavy atom. The maximum absolute atomic E-state index is 13.6. The average molecular weight is 290 g/mol. The van der Waals surface area contributed by atoms with E-state index in [2.05, 4.69) is 5.32 Å². The van der Waals surface area contributed by atoms with Gasteiger partial charge in [-0.05, 0) is 42.8 Å². The Morgan fingerprint density at radius 1 is 1.20 bits per heavy atom. The molecule has 2 aromatic rings. The molecule has 0 heterocycles. The third-order valence-electron chi connectivity index (χ3n) is 2.93. The lowest BCUT2D eigenvalue weighted by atomic mass is 10.1. The Bertz CT molecular complexity index is 658. The first-order chi connectivity index (χ1) is 9.51. The Hall–Kier alpha value is -2.14. The van der Waals surface area contributed by atoms with E-state index in [0.717, 1.165) is 16.8 Å². The molecule has 0 aliphatic carbocycles. The van der Waals surface area contributed by atoms with Crippen molar-refractivity contribution >= 4 is 28.6 Å². The number of anilines is 2. The van der Waals surface area contributed by atoms with Gasteiger partial charge < -0.3 is 15.8 Å². The first-order valence-electron chi connectivity index (χ1n) is 6.02. The molecule has 3 N–H and O–H groups in total. The molecule has 0 bridgehead atoms. The van der Waals surface area contributed by atoms with E-state index in [9.17, 15) is 4.39 Å². The summed E-state index contributed by atoms with van der Waals surface area (Å²) < 4.78 is 18.5. The fourth-order valence-electron chi connectivity index (χ4n) is 1.93. The van der Waals surface area contributed by atoms with E-state index in [1.54, 1.807) is 12.1 Å². The van der Waals surface area contributed by atoms with Crippen molar-refractivity contribution in [2.24, 2.45) is 5.73 Å². The van der Waals surface area contributed by atoms with Crippen LogP contribution in [0, 0.1) is 12.7 Å². The van der Waals surface area contributed by atoms with Gasteiger partial charge in [0.2, 0.25) is 0 Å². The maximum Gasteiger partial charge on any atom is 0.167 e. The fourth-order valence-corrected chi connectivity index (χ4v) is 2.16. The van der Waals surface area contributed by atoms with Crippen LogP contribution >= 0.6 is 12.2 Å². The molecule has 0 saturated carbocycles. The molecule has 2 aromatic carbocycles. The Kier molecular flexibility index (Phi) is 4.20. The Morgan fingerprint density at radius 2 is 1.85 bits per heavy atom. The summed E-state index contributed by atoms with van der Waals surface area (Å²) in [5.41, 5.74) is 8.91. The number of ether oxygens (including phenoxy) is 1. The highest BCUT2D eigenvalue weighted by molar-refractivity contribution is 7.80. The van der Waals surface area contributed by atoms with E-state index in [0.29, 0.717) is 10.7 Å². The fraction of sp³-hybridized carbons (Fsp3) is 0.133. The van der Waals surface area contributed by atoms with Gasteiger partial charge in [0, 0.05) is 23.0 Å². The second-order valence-corrected chi connectivity index (χ2v) is 4.81. The molecule has 5 heteroatoms. The molecule has 3 nitrogen and oxygen atoms in total. The van der Waals surface area contributed by atoms with Gasteiger partial charge in [0.1, 0.15) is 4.99 Å². The molecular formula is C15H15FN2OS. The van der Waals surface area contributed by atoms with Gasteiger partial charge in [-0.15, -0.1) is 0 Å². The second-order valence-electron chi connectivity index (χ2n) is 4.37. The van der Waals surface area contributed by atoms with E-state index in [4.69, 9.17) is 22.7 Å². The number of nitrogens with one attached hydrogen (secondary N) is 1. The smallest absolute Gasteiger partial charge is 0.167 e. The molecule has 2 rings (SSSR count). The normalized spacial score (nSPS) is 10.2. The van der Waals surface area contributed by atoms with Crippen LogP contribution in [0.4, 0.5) is 15.8 Å². The maximum atomic E-state index is 13.6. The van der Waals surface area contributed by atoms with E-state index >= 15 is 0 Å². The van der Waals surface area contributed by atoms with Gasteiger partial charge in [0.05, 0.1) is 7.11 Å². The highest BCUT2D eigenvalue weighted by Crippen LogP contribution is 2.24. The number of rotatable bonds is 4. The Balaban J connectivity index is 2.24. The average Bonchev–Trinajstić information content (AvgIpc) is 2.38. The lowest BCUT2D eigenvalue weighted by molar-refractivity contribution is 0.386. The van der Waals surface area contributed by atoms with Crippen LogP contribution in [0.1, 0.15) is 11.1 Å². The van der Waals surface area contributed by atoms with Crippen LogP contribution < -0.4 is 15.8 Å². The summed E-state index contributed by atoms with van der Waals surface area (Å²) in [4.78, 5) is 0.365. The molecule has 0 spiro atoms. The third kappa shape index (κ3) is 3.05. The monoisotopic (exact) mass is 290 g/mol. The number of halogens is 1. The molecule has 0 radical (unpaired) electrons. The van der Waals surface area contributed by atoms with Crippen LogP contribution in [0.2, 0.25) is 0 Å². The van der Waals surface area contributed by atoms with Crippen molar-refractivity contribution in [3.8, 4) is 5.75 Å². The van der Waals surface area contributed by atoms with Crippen molar-refractivity contribution in [1.29, 1.82) is 0 Å². The van der Waals surface area contributed by atoms with E-state index in [-0.39, 0.29) is 5.75 Å². The van der Waals surface area contributed by atoms with Crippen LogP contribution in [0.3, 0.4) is 0 Å². The quantitative estimate of drug-likeness (QED) is 0.846. The summed E-state index contributed by atoms with van der Waals surface area (Å²) >= 11 is 4.96. The highest BCUT2D eigenvalue weighted by Gasteiger charge is 2.05. The predicted octanol–water partition coefficient (Wildman–Crippen LogP) is 3.52. The molecule has 0 amide bonds. The lowest BCUT2D eigenvalue weighted by Crippen LogP contribution is -2.11. The first-order valence-corrected chi connectivity index (χ1v) is 6.43. The standard InChI is InChI=1S/C15H15FN2OS/c1-9-7-10(3-5-12(9)15(17)20)18-11-4-6-14(19-2)13(16)8-11/h3-8,18H,1-2H3,(H2,17,20). The van der Waals surface area contributed by atoms with Crippen LogP contribution in [0.5, 0.6) is 5.75 Å². The molecular weight excluding hydrogens is 275 g/mol. The molecule has 0 fully saturated rings. The summed E-state index contributed by atoms with van der Waals surface area (Å²) in [5.74, 6) is -0.190. The minimum absolute atomic E-state index is 0.218. The molecule has 0 aromatic heterocycles. The predicted molar refractivity (Wildman–Crippen MR) is 83.3 cm³/mol. The minimum atomic E-state index is -0.408. The largest absolute Gasteiger partial charge is 0.494 e. The molecule has 0 unspecified atom stereocenters. The number of thiocarbonyl (C=S) groups is 1. The number of hydrogen-bond donors (Lipinski definition) is 2. The van der Waals surface area contributed by atoms with Gasteiger partial charge in [0.25, 0.3) is 0 Å². The van der Waals surface area contributed by atoms with E-state index in [1.165, 1.54) is 13.2 Å². The zero-order valence-electron chi connectivity index (χ0n) is 11.2. The second kappa shape index (κ2) is 5.88. The highest BCUT2D eigenvalue weighted by atomic mass is 32.1. The molecule has 0 atom stereocenters. The van der Waals surface area contributed by atoms with Crippen molar-refractivity contribution in [3.05, 3.63) is 53.3 Å². The molecule has 104 valence electrons. The molecule has 20 heavy (non-hydrogen) atoms. The minimum Gasteiger partial charge on any atom is -0.494 e. The third-order valence-corrected chi connectivity index (χ3v) is 3.15. The zero-order valence-corrected chi connectivity index (χ0v) is 12.1. The summed E-state index contributed by atoms with van der Waals surface area (Å²) in [6, 6.07) is 10.3. The number of aryl methyl sites for hydroxylation is 1. The Labute approximate surface area is 122 Å². The SMILES string of the molecule is COc1ccc(Nc2ccc(C(N)=S)c(C)c2)cc1F. The molecule has 0 saturated heterocycles. The lowest BCUT2D eigenvalue weighted by Gasteiger charge is -2.11. The number of nitrogens with two attached hydrogens (primary N) is 1. The van der Waals surface area contributed by atoms with Gasteiger partial charge in [-0.25, -0.2) is 4.39 Å². The molecule has 0 aliphatic heterocycles. The van der Waals surface area contributed by atoms with E-state index in [1.807, 2.05) is 25.1 Å². The van der Waals surface area contributed by atoms with Gasteiger partial charge in [-0.1, -0.05) is 12.2 Å². The first kappa shape index (κ1) is 14.3. The summed E-state index contributed by atoms with van der Waals surface area (Å²) in [6.07, 6.45) is 0.